The van der Waals surface area contributed by atoms with Crippen LogP contribution in [-0.4, -0.2) is 38.2 Å². The number of carbonyl (C=O) groups is 2. The SMILES string of the molecule is COC(=O)c1ccccc1N/C=C(/C#N)C(=O)NCC1CCCO1. The van der Waals surface area contributed by atoms with Gasteiger partial charge in [-0.1, -0.05) is 12.1 Å². The summed E-state index contributed by atoms with van der Waals surface area (Å²) in [5.74, 6) is -0.996. The Morgan fingerprint density at radius 3 is 2.92 bits per heavy atom. The highest BCUT2D eigenvalue weighted by Gasteiger charge is 2.18. The molecule has 2 N–H and O–H groups in total. The van der Waals surface area contributed by atoms with Crippen molar-refractivity contribution in [2.45, 2.75) is 18.9 Å². The van der Waals surface area contributed by atoms with Gasteiger partial charge in [-0.3, -0.25) is 4.79 Å². The molecule has 1 saturated heterocycles. The lowest BCUT2D eigenvalue weighted by Crippen LogP contribution is -2.32. The molecule has 1 aliphatic heterocycles. The highest BCUT2D eigenvalue weighted by molar-refractivity contribution is 5.98. The van der Waals surface area contributed by atoms with E-state index >= 15 is 0 Å². The van der Waals surface area contributed by atoms with E-state index in [1.165, 1.54) is 13.3 Å². The van der Waals surface area contributed by atoms with Crippen LogP contribution < -0.4 is 10.6 Å². The summed E-state index contributed by atoms with van der Waals surface area (Å²) in [5, 5.41) is 14.6. The lowest BCUT2D eigenvalue weighted by Gasteiger charge is -2.11. The van der Waals surface area contributed by atoms with E-state index in [-0.39, 0.29) is 11.7 Å². The third-order valence-corrected chi connectivity index (χ3v) is 3.58. The maximum atomic E-state index is 12.0. The maximum absolute atomic E-state index is 12.0. The fourth-order valence-electron chi connectivity index (χ4n) is 2.30. The standard InChI is InChI=1S/C17H19N3O4/c1-23-17(22)14-6-2-3-7-15(14)19-10-12(9-18)16(21)20-11-13-5-4-8-24-13/h2-3,6-7,10,13,19H,4-5,8,11H2,1H3,(H,20,21)/b12-10-. The van der Waals surface area contributed by atoms with Crippen molar-refractivity contribution in [1.29, 1.82) is 5.26 Å². The number of methoxy groups -OCH3 is 1. The van der Waals surface area contributed by atoms with Gasteiger partial charge in [0.15, 0.2) is 0 Å². The molecule has 1 atom stereocenters. The van der Waals surface area contributed by atoms with E-state index in [2.05, 4.69) is 10.6 Å². The van der Waals surface area contributed by atoms with Gasteiger partial charge in [-0.25, -0.2) is 4.79 Å². The summed E-state index contributed by atoms with van der Waals surface area (Å²) in [6.45, 7) is 1.07. The largest absolute Gasteiger partial charge is 0.465 e. The molecule has 1 unspecified atom stereocenters. The van der Waals surface area contributed by atoms with Crippen LogP contribution in [0.15, 0.2) is 36.0 Å². The molecule has 0 radical (unpaired) electrons. The second-order valence-corrected chi connectivity index (χ2v) is 5.20. The molecule has 1 aromatic rings. The maximum Gasteiger partial charge on any atom is 0.339 e. The van der Waals surface area contributed by atoms with Crippen LogP contribution >= 0.6 is 0 Å². The lowest BCUT2D eigenvalue weighted by atomic mass is 10.2. The molecule has 7 nitrogen and oxygen atoms in total. The van der Waals surface area contributed by atoms with Crippen molar-refractivity contribution in [3.05, 3.63) is 41.6 Å². The van der Waals surface area contributed by atoms with Crippen LogP contribution in [0.2, 0.25) is 0 Å². The van der Waals surface area contributed by atoms with E-state index in [9.17, 15) is 9.59 Å². The number of amides is 1. The topological polar surface area (TPSA) is 100 Å². The van der Waals surface area contributed by atoms with Gasteiger partial charge in [0.05, 0.1) is 24.5 Å². The number of anilines is 1. The summed E-state index contributed by atoms with van der Waals surface area (Å²) < 4.78 is 10.1. The molecule has 0 saturated carbocycles. The average Bonchev–Trinajstić information content (AvgIpc) is 3.13. The van der Waals surface area contributed by atoms with Gasteiger partial charge in [-0.15, -0.1) is 0 Å². The second kappa shape index (κ2) is 8.70. The van der Waals surface area contributed by atoms with Crippen LogP contribution in [-0.2, 0) is 14.3 Å². The summed E-state index contributed by atoms with van der Waals surface area (Å²) in [5.41, 5.74) is 0.671. The predicted octanol–water partition coefficient (Wildman–Crippen LogP) is 1.59. The number of nitriles is 1. The number of para-hydroxylation sites is 1. The van der Waals surface area contributed by atoms with Crippen molar-refractivity contribution in [1.82, 2.24) is 5.32 Å². The van der Waals surface area contributed by atoms with Crippen molar-refractivity contribution >= 4 is 17.6 Å². The molecule has 1 heterocycles. The van der Waals surface area contributed by atoms with E-state index in [0.717, 1.165) is 12.8 Å². The van der Waals surface area contributed by atoms with Gasteiger partial charge >= 0.3 is 5.97 Å². The number of hydrogen-bond donors (Lipinski definition) is 2. The van der Waals surface area contributed by atoms with Gasteiger partial charge in [-0.05, 0) is 25.0 Å². The summed E-state index contributed by atoms with van der Waals surface area (Å²) in [7, 11) is 1.29. The van der Waals surface area contributed by atoms with E-state index < -0.39 is 11.9 Å². The Morgan fingerprint density at radius 1 is 1.46 bits per heavy atom. The zero-order valence-electron chi connectivity index (χ0n) is 13.4. The highest BCUT2D eigenvalue weighted by Crippen LogP contribution is 2.16. The molecule has 1 aromatic carbocycles. The molecule has 1 aliphatic rings. The summed E-state index contributed by atoms with van der Waals surface area (Å²) in [4.78, 5) is 23.7. The molecule has 0 aliphatic carbocycles. The predicted molar refractivity (Wildman–Crippen MR) is 87.1 cm³/mol. The van der Waals surface area contributed by atoms with E-state index in [1.807, 2.05) is 6.07 Å². The van der Waals surface area contributed by atoms with Crippen molar-refractivity contribution in [2.24, 2.45) is 0 Å². The van der Waals surface area contributed by atoms with E-state index in [1.54, 1.807) is 24.3 Å². The number of benzene rings is 1. The fourth-order valence-corrected chi connectivity index (χ4v) is 2.30. The van der Waals surface area contributed by atoms with Gasteiger partial charge in [0, 0.05) is 19.4 Å². The van der Waals surface area contributed by atoms with Gasteiger partial charge < -0.3 is 20.1 Å². The van der Waals surface area contributed by atoms with E-state index in [0.29, 0.717) is 24.4 Å². The Labute approximate surface area is 140 Å². The molecule has 0 bridgehead atoms. The first kappa shape index (κ1) is 17.5. The molecule has 24 heavy (non-hydrogen) atoms. The summed E-state index contributed by atoms with van der Waals surface area (Å²) in [6.07, 6.45) is 3.15. The minimum absolute atomic E-state index is 0.00176. The van der Waals surface area contributed by atoms with Crippen LogP contribution in [0, 0.1) is 11.3 Å². The molecule has 1 amide bonds. The molecular formula is C17H19N3O4. The lowest BCUT2D eigenvalue weighted by molar-refractivity contribution is -0.117. The Bertz CT molecular complexity index is 673. The van der Waals surface area contributed by atoms with Crippen LogP contribution in [0.25, 0.3) is 0 Å². The highest BCUT2D eigenvalue weighted by atomic mass is 16.5. The van der Waals surface area contributed by atoms with Crippen LogP contribution in [0.4, 0.5) is 5.69 Å². The Balaban J connectivity index is 2.01. The van der Waals surface area contributed by atoms with Crippen molar-refractivity contribution < 1.29 is 19.1 Å². The van der Waals surface area contributed by atoms with Crippen molar-refractivity contribution in [2.75, 3.05) is 25.6 Å². The molecule has 7 heteroatoms. The average molecular weight is 329 g/mol. The molecule has 0 aromatic heterocycles. The minimum Gasteiger partial charge on any atom is -0.465 e. The third-order valence-electron chi connectivity index (χ3n) is 3.58. The van der Waals surface area contributed by atoms with Gasteiger partial charge in [-0.2, -0.15) is 5.26 Å². The quantitative estimate of drug-likeness (QED) is 0.467. The Hall–Kier alpha value is -2.85. The number of esters is 1. The third kappa shape index (κ3) is 4.57. The Morgan fingerprint density at radius 2 is 2.25 bits per heavy atom. The zero-order valence-corrected chi connectivity index (χ0v) is 13.4. The number of nitrogens with one attached hydrogen (secondary N) is 2. The van der Waals surface area contributed by atoms with Gasteiger partial charge in [0.25, 0.3) is 5.91 Å². The molecular weight excluding hydrogens is 310 g/mol. The molecule has 1 fully saturated rings. The zero-order chi connectivity index (χ0) is 17.4. The van der Waals surface area contributed by atoms with Crippen LogP contribution in [0.3, 0.4) is 0 Å². The molecule has 126 valence electrons. The second-order valence-electron chi connectivity index (χ2n) is 5.20. The minimum atomic E-state index is -0.507. The fraction of sp³-hybridized carbons (Fsp3) is 0.353. The van der Waals surface area contributed by atoms with Gasteiger partial charge in [0.2, 0.25) is 0 Å². The number of hydrogen-bond acceptors (Lipinski definition) is 6. The molecule has 2 rings (SSSR count). The number of carbonyl (C=O) groups excluding carboxylic acids is 2. The van der Waals surface area contributed by atoms with Crippen molar-refractivity contribution in [3.8, 4) is 6.07 Å². The van der Waals surface area contributed by atoms with Crippen molar-refractivity contribution in [3.63, 3.8) is 0 Å². The van der Waals surface area contributed by atoms with Gasteiger partial charge in [0.1, 0.15) is 11.6 Å². The first-order valence-corrected chi connectivity index (χ1v) is 7.59. The Kier molecular flexibility index (Phi) is 6.34. The van der Waals surface area contributed by atoms with Crippen LogP contribution in [0.1, 0.15) is 23.2 Å². The summed E-state index contributed by atoms with van der Waals surface area (Å²) in [6, 6.07) is 8.51. The normalized spacial score (nSPS) is 17.0. The first-order chi connectivity index (χ1) is 11.7. The number of rotatable bonds is 6. The smallest absolute Gasteiger partial charge is 0.339 e. The summed E-state index contributed by atoms with van der Waals surface area (Å²) >= 11 is 0. The monoisotopic (exact) mass is 329 g/mol. The number of nitrogens with zero attached hydrogens (tertiary/aromatic N) is 1. The van der Waals surface area contributed by atoms with E-state index in [4.69, 9.17) is 14.7 Å². The number of ether oxygens (including phenoxy) is 2. The van der Waals surface area contributed by atoms with Crippen LogP contribution in [0.5, 0.6) is 0 Å². The first-order valence-electron chi connectivity index (χ1n) is 7.59. The molecule has 0 spiro atoms.